The highest BCUT2D eigenvalue weighted by Gasteiger charge is 2.20. The predicted octanol–water partition coefficient (Wildman–Crippen LogP) is 1.08. The molecule has 0 bridgehead atoms. The van der Waals surface area contributed by atoms with Gasteiger partial charge in [-0.25, -0.2) is 4.98 Å². The standard InChI is InChI=1S/C16H28N4O/c1-16(21,13-19(2)3)12-17-10-14-6-7-15(18-11-14)20-8-4-5-9-20/h6-7,11,17,21H,4-5,8-10,12-13H2,1-3H3. The monoisotopic (exact) mass is 292 g/mol. The van der Waals surface area contributed by atoms with Gasteiger partial charge in [-0.05, 0) is 45.5 Å². The number of aromatic nitrogens is 1. The van der Waals surface area contributed by atoms with E-state index in [1.54, 1.807) is 0 Å². The minimum atomic E-state index is -0.716. The first-order valence-electron chi connectivity index (χ1n) is 7.74. The fourth-order valence-corrected chi connectivity index (χ4v) is 2.87. The zero-order valence-corrected chi connectivity index (χ0v) is 13.5. The van der Waals surface area contributed by atoms with Crippen LogP contribution in [0.3, 0.4) is 0 Å². The van der Waals surface area contributed by atoms with E-state index in [4.69, 9.17) is 0 Å². The van der Waals surface area contributed by atoms with Crippen molar-refractivity contribution in [1.82, 2.24) is 15.2 Å². The van der Waals surface area contributed by atoms with Gasteiger partial charge < -0.3 is 20.2 Å². The van der Waals surface area contributed by atoms with Crippen LogP contribution in [-0.4, -0.2) is 60.9 Å². The number of nitrogens with one attached hydrogen (secondary N) is 1. The van der Waals surface area contributed by atoms with E-state index in [1.807, 2.05) is 32.1 Å². The Bertz CT molecular complexity index is 424. The lowest BCUT2D eigenvalue weighted by atomic mass is 10.1. The van der Waals surface area contributed by atoms with Gasteiger partial charge in [-0.2, -0.15) is 0 Å². The smallest absolute Gasteiger partial charge is 0.128 e. The van der Waals surface area contributed by atoms with Gasteiger partial charge in [0, 0.05) is 38.9 Å². The third-order valence-electron chi connectivity index (χ3n) is 3.73. The van der Waals surface area contributed by atoms with E-state index >= 15 is 0 Å². The highest BCUT2D eigenvalue weighted by Crippen LogP contribution is 2.17. The SMILES string of the molecule is CN(C)CC(C)(O)CNCc1ccc(N2CCCC2)nc1. The molecule has 1 aromatic heterocycles. The number of hydrogen-bond donors (Lipinski definition) is 2. The Morgan fingerprint density at radius 2 is 2.05 bits per heavy atom. The molecule has 1 saturated heterocycles. The fraction of sp³-hybridized carbons (Fsp3) is 0.688. The molecule has 1 atom stereocenters. The van der Waals surface area contributed by atoms with Gasteiger partial charge in [-0.1, -0.05) is 6.07 Å². The van der Waals surface area contributed by atoms with E-state index in [0.717, 1.165) is 31.0 Å². The second-order valence-electron chi connectivity index (χ2n) is 6.56. The number of pyridine rings is 1. The summed E-state index contributed by atoms with van der Waals surface area (Å²) in [4.78, 5) is 8.87. The van der Waals surface area contributed by atoms with Crippen LogP contribution in [0, 0.1) is 0 Å². The molecule has 5 heteroatoms. The second kappa shape index (κ2) is 7.20. The zero-order valence-electron chi connectivity index (χ0n) is 13.5. The topological polar surface area (TPSA) is 51.6 Å². The third-order valence-corrected chi connectivity index (χ3v) is 3.73. The first-order chi connectivity index (χ1) is 9.96. The highest BCUT2D eigenvalue weighted by molar-refractivity contribution is 5.40. The van der Waals surface area contributed by atoms with Crippen LogP contribution in [0.2, 0.25) is 0 Å². The van der Waals surface area contributed by atoms with E-state index in [2.05, 4.69) is 27.3 Å². The first-order valence-corrected chi connectivity index (χ1v) is 7.74. The molecular formula is C16H28N4O. The van der Waals surface area contributed by atoms with E-state index < -0.39 is 5.60 Å². The number of aliphatic hydroxyl groups is 1. The van der Waals surface area contributed by atoms with Crippen LogP contribution in [0.15, 0.2) is 18.3 Å². The van der Waals surface area contributed by atoms with Crippen molar-refractivity contribution < 1.29 is 5.11 Å². The van der Waals surface area contributed by atoms with Crippen LogP contribution < -0.4 is 10.2 Å². The van der Waals surface area contributed by atoms with E-state index in [0.29, 0.717) is 13.1 Å². The molecule has 1 aliphatic rings. The molecule has 1 aromatic rings. The minimum Gasteiger partial charge on any atom is -0.388 e. The van der Waals surface area contributed by atoms with Crippen molar-refractivity contribution in [2.75, 3.05) is 45.2 Å². The van der Waals surface area contributed by atoms with Crippen molar-refractivity contribution in [2.45, 2.75) is 31.9 Å². The summed E-state index contributed by atoms with van der Waals surface area (Å²) in [6.45, 7) is 6.05. The summed E-state index contributed by atoms with van der Waals surface area (Å²) < 4.78 is 0. The molecule has 0 aliphatic carbocycles. The molecule has 1 aliphatic heterocycles. The van der Waals surface area contributed by atoms with Crippen LogP contribution in [0.5, 0.6) is 0 Å². The molecular weight excluding hydrogens is 264 g/mol. The lowest BCUT2D eigenvalue weighted by Crippen LogP contribution is -2.45. The Labute approximate surface area is 128 Å². The maximum Gasteiger partial charge on any atom is 0.128 e. The summed E-state index contributed by atoms with van der Waals surface area (Å²) in [6, 6.07) is 4.22. The van der Waals surface area contributed by atoms with Gasteiger partial charge in [-0.15, -0.1) is 0 Å². The van der Waals surface area contributed by atoms with Gasteiger partial charge in [0.25, 0.3) is 0 Å². The van der Waals surface area contributed by atoms with Crippen molar-refractivity contribution in [2.24, 2.45) is 0 Å². The van der Waals surface area contributed by atoms with E-state index in [9.17, 15) is 5.11 Å². The molecule has 2 N–H and O–H groups in total. The molecule has 21 heavy (non-hydrogen) atoms. The normalized spacial score (nSPS) is 18.2. The Morgan fingerprint density at radius 1 is 1.33 bits per heavy atom. The predicted molar refractivity (Wildman–Crippen MR) is 86.6 cm³/mol. The Morgan fingerprint density at radius 3 is 2.62 bits per heavy atom. The number of anilines is 1. The summed E-state index contributed by atoms with van der Waals surface area (Å²) in [5.41, 5.74) is 0.436. The van der Waals surface area contributed by atoms with Gasteiger partial charge in [0.15, 0.2) is 0 Å². The summed E-state index contributed by atoms with van der Waals surface area (Å²) in [6.07, 6.45) is 4.47. The fourth-order valence-electron chi connectivity index (χ4n) is 2.87. The molecule has 2 heterocycles. The molecule has 0 aromatic carbocycles. The molecule has 118 valence electrons. The average Bonchev–Trinajstić information content (AvgIpc) is 2.91. The maximum atomic E-state index is 10.2. The van der Waals surface area contributed by atoms with Crippen LogP contribution in [-0.2, 0) is 6.54 Å². The molecule has 0 saturated carbocycles. The summed E-state index contributed by atoms with van der Waals surface area (Å²) >= 11 is 0. The molecule has 2 rings (SSSR count). The Hall–Kier alpha value is -1.17. The largest absolute Gasteiger partial charge is 0.388 e. The van der Waals surface area contributed by atoms with Crippen LogP contribution in [0.1, 0.15) is 25.3 Å². The molecule has 1 fully saturated rings. The van der Waals surface area contributed by atoms with Gasteiger partial charge in [0.05, 0.1) is 5.60 Å². The molecule has 5 nitrogen and oxygen atoms in total. The number of likely N-dealkylation sites (N-methyl/N-ethyl adjacent to an activating group) is 1. The molecule has 0 spiro atoms. The zero-order chi connectivity index (χ0) is 15.3. The van der Waals surface area contributed by atoms with Crippen LogP contribution >= 0.6 is 0 Å². The third kappa shape index (κ3) is 5.26. The van der Waals surface area contributed by atoms with Gasteiger partial charge in [-0.3, -0.25) is 0 Å². The maximum absolute atomic E-state index is 10.2. The van der Waals surface area contributed by atoms with Crippen LogP contribution in [0.4, 0.5) is 5.82 Å². The number of rotatable bonds is 7. The highest BCUT2D eigenvalue weighted by atomic mass is 16.3. The summed E-state index contributed by atoms with van der Waals surface area (Å²) in [7, 11) is 3.94. The second-order valence-corrected chi connectivity index (χ2v) is 6.56. The van der Waals surface area contributed by atoms with Crippen molar-refractivity contribution >= 4 is 5.82 Å². The van der Waals surface area contributed by atoms with Crippen molar-refractivity contribution in [1.29, 1.82) is 0 Å². The van der Waals surface area contributed by atoms with E-state index in [-0.39, 0.29) is 0 Å². The number of hydrogen-bond acceptors (Lipinski definition) is 5. The van der Waals surface area contributed by atoms with Gasteiger partial charge >= 0.3 is 0 Å². The van der Waals surface area contributed by atoms with Crippen LogP contribution in [0.25, 0.3) is 0 Å². The molecule has 0 amide bonds. The van der Waals surface area contributed by atoms with E-state index in [1.165, 1.54) is 12.8 Å². The van der Waals surface area contributed by atoms with Gasteiger partial charge in [0.1, 0.15) is 5.82 Å². The summed E-state index contributed by atoms with van der Waals surface area (Å²) in [5, 5.41) is 13.5. The lowest BCUT2D eigenvalue weighted by molar-refractivity contribution is 0.0336. The van der Waals surface area contributed by atoms with Crippen molar-refractivity contribution in [3.05, 3.63) is 23.9 Å². The quantitative estimate of drug-likeness (QED) is 0.788. The van der Waals surface area contributed by atoms with Crippen molar-refractivity contribution in [3.8, 4) is 0 Å². The Balaban J connectivity index is 1.78. The first kappa shape index (κ1) is 16.2. The number of nitrogens with zero attached hydrogens (tertiary/aromatic N) is 3. The molecule has 0 radical (unpaired) electrons. The molecule has 1 unspecified atom stereocenters. The lowest BCUT2D eigenvalue weighted by Gasteiger charge is -2.27. The summed E-state index contributed by atoms with van der Waals surface area (Å²) in [5.74, 6) is 1.08. The minimum absolute atomic E-state index is 0.569. The van der Waals surface area contributed by atoms with Gasteiger partial charge in [0.2, 0.25) is 0 Å². The van der Waals surface area contributed by atoms with Crippen molar-refractivity contribution in [3.63, 3.8) is 0 Å². The Kier molecular flexibility index (Phi) is 5.56. The average molecular weight is 292 g/mol.